The fraction of sp³-hybridized carbons (Fsp3) is 0.909. The zero-order valence-electron chi connectivity index (χ0n) is 9.02. The summed E-state index contributed by atoms with van der Waals surface area (Å²) in [5, 5.41) is 0. The van der Waals surface area contributed by atoms with E-state index in [0.29, 0.717) is 12.2 Å². The molecular weight excluding hydrogens is 192 g/mol. The third-order valence-electron chi connectivity index (χ3n) is 3.54. The molecule has 0 amide bonds. The Morgan fingerprint density at radius 2 is 2.07 bits per heavy atom. The van der Waals surface area contributed by atoms with Gasteiger partial charge in [-0.3, -0.25) is 4.79 Å². The lowest BCUT2D eigenvalue weighted by atomic mass is 9.78. The molecule has 1 heterocycles. The van der Waals surface area contributed by atoms with E-state index in [1.54, 1.807) is 0 Å². The van der Waals surface area contributed by atoms with Gasteiger partial charge in [0, 0.05) is 31.0 Å². The third-order valence-corrected chi connectivity index (χ3v) is 3.54. The van der Waals surface area contributed by atoms with Crippen molar-refractivity contribution < 1.29 is 9.53 Å². The van der Waals surface area contributed by atoms with Crippen molar-refractivity contribution in [1.82, 2.24) is 0 Å². The van der Waals surface area contributed by atoms with Gasteiger partial charge in [0.25, 0.3) is 0 Å². The first kappa shape index (κ1) is 11.0. The molecule has 4 N–H and O–H groups in total. The quantitative estimate of drug-likeness (QED) is 0.650. The molecule has 0 bridgehead atoms. The lowest BCUT2D eigenvalue weighted by Gasteiger charge is -2.37. The summed E-state index contributed by atoms with van der Waals surface area (Å²) in [5.74, 6) is 0.239. The molecule has 1 aliphatic carbocycles. The Kier molecular flexibility index (Phi) is 3.38. The summed E-state index contributed by atoms with van der Waals surface area (Å²) in [7, 11) is 0. The number of ether oxygens (including phenoxy) is 1. The van der Waals surface area contributed by atoms with Crippen LogP contribution in [-0.4, -0.2) is 30.6 Å². The number of hydrogen-bond donors (Lipinski definition) is 2. The number of ketones is 1. The van der Waals surface area contributed by atoms with Crippen LogP contribution in [0.5, 0.6) is 0 Å². The standard InChI is InChI=1S/C11H20N2O2/c12-7-3-4-10(14)8(6-7)11-9(13)2-1-5-15-11/h7-9,11H,1-6,12-13H2. The highest BCUT2D eigenvalue weighted by molar-refractivity contribution is 5.82. The van der Waals surface area contributed by atoms with E-state index in [2.05, 4.69) is 0 Å². The molecular formula is C11H20N2O2. The van der Waals surface area contributed by atoms with Gasteiger partial charge in [-0.05, 0) is 25.7 Å². The maximum Gasteiger partial charge on any atom is 0.138 e. The van der Waals surface area contributed by atoms with Crippen LogP contribution in [0.4, 0.5) is 0 Å². The minimum atomic E-state index is -0.0856. The first-order valence-corrected chi connectivity index (χ1v) is 5.84. The fourth-order valence-electron chi connectivity index (χ4n) is 2.65. The van der Waals surface area contributed by atoms with E-state index < -0.39 is 0 Å². The molecule has 0 aromatic carbocycles. The van der Waals surface area contributed by atoms with Gasteiger partial charge in [-0.2, -0.15) is 0 Å². The lowest BCUT2D eigenvalue weighted by Crippen LogP contribution is -2.50. The molecule has 2 aliphatic rings. The molecule has 1 aliphatic heterocycles. The average molecular weight is 212 g/mol. The van der Waals surface area contributed by atoms with Crippen LogP contribution in [0.1, 0.15) is 32.1 Å². The molecule has 0 radical (unpaired) electrons. The van der Waals surface area contributed by atoms with Crippen molar-refractivity contribution in [3.63, 3.8) is 0 Å². The second-order valence-corrected chi connectivity index (χ2v) is 4.75. The highest BCUT2D eigenvalue weighted by Gasteiger charge is 2.38. The van der Waals surface area contributed by atoms with Crippen molar-refractivity contribution in [1.29, 1.82) is 0 Å². The molecule has 0 aromatic heterocycles. The van der Waals surface area contributed by atoms with Crippen LogP contribution < -0.4 is 11.5 Å². The summed E-state index contributed by atoms with van der Waals surface area (Å²) in [6.45, 7) is 0.734. The van der Waals surface area contributed by atoms with Crippen LogP contribution in [0.15, 0.2) is 0 Å². The summed E-state index contributed by atoms with van der Waals surface area (Å²) in [6.07, 6.45) is 4.04. The van der Waals surface area contributed by atoms with Gasteiger partial charge in [0.15, 0.2) is 0 Å². The maximum absolute atomic E-state index is 11.8. The third kappa shape index (κ3) is 2.38. The van der Waals surface area contributed by atoms with Crippen molar-refractivity contribution >= 4 is 5.78 Å². The second kappa shape index (κ2) is 4.60. The normalized spacial score (nSPS) is 42.9. The summed E-state index contributed by atoms with van der Waals surface area (Å²) in [4.78, 5) is 11.8. The summed E-state index contributed by atoms with van der Waals surface area (Å²) in [5.41, 5.74) is 11.9. The SMILES string of the molecule is NC1CCC(=O)C(C2OCCCC2N)C1. The number of rotatable bonds is 1. The minimum absolute atomic E-state index is 0.0120. The smallest absolute Gasteiger partial charge is 0.138 e. The summed E-state index contributed by atoms with van der Waals surface area (Å²) in [6, 6.07) is 0.156. The Hall–Kier alpha value is -0.450. The molecule has 4 unspecified atom stereocenters. The Balaban J connectivity index is 2.03. The van der Waals surface area contributed by atoms with E-state index in [4.69, 9.17) is 16.2 Å². The molecule has 2 fully saturated rings. The molecule has 0 spiro atoms. The Labute approximate surface area is 90.3 Å². The molecule has 4 atom stereocenters. The van der Waals surface area contributed by atoms with Crippen LogP contribution in [-0.2, 0) is 9.53 Å². The van der Waals surface area contributed by atoms with Gasteiger partial charge in [-0.15, -0.1) is 0 Å². The van der Waals surface area contributed by atoms with Crippen LogP contribution >= 0.6 is 0 Å². The predicted octanol–water partition coefficient (Wildman–Crippen LogP) is 0.189. The first-order chi connectivity index (χ1) is 7.18. The van der Waals surface area contributed by atoms with Gasteiger partial charge in [0.2, 0.25) is 0 Å². The minimum Gasteiger partial charge on any atom is -0.376 e. The highest BCUT2D eigenvalue weighted by Crippen LogP contribution is 2.29. The predicted molar refractivity (Wildman–Crippen MR) is 57.3 cm³/mol. The van der Waals surface area contributed by atoms with Crippen LogP contribution in [0.3, 0.4) is 0 Å². The molecule has 4 heteroatoms. The largest absolute Gasteiger partial charge is 0.376 e. The second-order valence-electron chi connectivity index (χ2n) is 4.75. The Morgan fingerprint density at radius 1 is 1.27 bits per heavy atom. The number of hydrogen-bond acceptors (Lipinski definition) is 4. The maximum atomic E-state index is 11.8. The van der Waals surface area contributed by atoms with Gasteiger partial charge in [0.05, 0.1) is 6.10 Å². The van der Waals surface area contributed by atoms with Crippen LogP contribution in [0, 0.1) is 5.92 Å². The van der Waals surface area contributed by atoms with Crippen molar-refractivity contribution in [3.05, 3.63) is 0 Å². The molecule has 0 aromatic rings. The van der Waals surface area contributed by atoms with Gasteiger partial charge >= 0.3 is 0 Å². The lowest BCUT2D eigenvalue weighted by molar-refractivity contribution is -0.134. The number of carbonyl (C=O) groups is 1. The van der Waals surface area contributed by atoms with Gasteiger partial charge in [-0.25, -0.2) is 0 Å². The average Bonchev–Trinajstić information content (AvgIpc) is 2.23. The van der Waals surface area contributed by atoms with E-state index in [1.807, 2.05) is 0 Å². The summed E-state index contributed by atoms with van der Waals surface area (Å²) >= 11 is 0. The van der Waals surface area contributed by atoms with E-state index in [-0.39, 0.29) is 24.1 Å². The van der Waals surface area contributed by atoms with Crippen molar-refractivity contribution in [2.75, 3.05) is 6.61 Å². The molecule has 1 saturated heterocycles. The van der Waals surface area contributed by atoms with E-state index in [0.717, 1.165) is 32.3 Å². The monoisotopic (exact) mass is 212 g/mol. The zero-order valence-corrected chi connectivity index (χ0v) is 9.02. The summed E-state index contributed by atoms with van der Waals surface area (Å²) < 4.78 is 5.65. The van der Waals surface area contributed by atoms with E-state index in [9.17, 15) is 4.79 Å². The van der Waals surface area contributed by atoms with Gasteiger partial charge < -0.3 is 16.2 Å². The number of nitrogens with two attached hydrogens (primary N) is 2. The first-order valence-electron chi connectivity index (χ1n) is 5.84. The van der Waals surface area contributed by atoms with Gasteiger partial charge in [-0.1, -0.05) is 0 Å². The van der Waals surface area contributed by atoms with E-state index >= 15 is 0 Å². The van der Waals surface area contributed by atoms with Gasteiger partial charge in [0.1, 0.15) is 5.78 Å². The zero-order chi connectivity index (χ0) is 10.8. The molecule has 15 heavy (non-hydrogen) atoms. The van der Waals surface area contributed by atoms with Crippen LogP contribution in [0.25, 0.3) is 0 Å². The molecule has 1 saturated carbocycles. The van der Waals surface area contributed by atoms with E-state index in [1.165, 1.54) is 0 Å². The Morgan fingerprint density at radius 3 is 2.80 bits per heavy atom. The fourth-order valence-corrected chi connectivity index (χ4v) is 2.65. The number of carbonyl (C=O) groups excluding carboxylic acids is 1. The van der Waals surface area contributed by atoms with Crippen molar-refractivity contribution in [3.8, 4) is 0 Å². The van der Waals surface area contributed by atoms with Crippen molar-refractivity contribution in [2.24, 2.45) is 17.4 Å². The van der Waals surface area contributed by atoms with Crippen LogP contribution in [0.2, 0.25) is 0 Å². The molecule has 86 valence electrons. The number of Topliss-reactive ketones (excluding diaryl/α,β-unsaturated/α-hetero) is 1. The van der Waals surface area contributed by atoms with Crippen molar-refractivity contribution in [2.45, 2.75) is 50.3 Å². The molecule has 2 rings (SSSR count). The highest BCUT2D eigenvalue weighted by atomic mass is 16.5. The molecule has 4 nitrogen and oxygen atoms in total. The Bertz CT molecular complexity index is 245. The topological polar surface area (TPSA) is 78.3 Å².